The third-order valence-electron chi connectivity index (χ3n) is 7.85. The van der Waals surface area contributed by atoms with Gasteiger partial charge in [0.1, 0.15) is 11.5 Å². The van der Waals surface area contributed by atoms with Crippen LogP contribution in [0.4, 0.5) is 5.69 Å². The first kappa shape index (κ1) is 28.2. The Hall–Kier alpha value is -4.95. The van der Waals surface area contributed by atoms with Crippen LogP contribution in [0.25, 0.3) is 5.69 Å². The molecule has 216 valence electrons. The molecule has 8 heteroatoms. The van der Waals surface area contributed by atoms with Crippen molar-refractivity contribution in [2.45, 2.75) is 32.9 Å². The van der Waals surface area contributed by atoms with Crippen molar-refractivity contribution >= 4 is 29.0 Å². The maximum atomic E-state index is 12.3. The molecule has 1 aliphatic rings. The molecule has 1 saturated heterocycles. The largest absolute Gasteiger partial charge is 0.465 e. The highest BCUT2D eigenvalue weighted by Gasteiger charge is 2.42. The molecule has 3 heterocycles. The van der Waals surface area contributed by atoms with Gasteiger partial charge in [0.15, 0.2) is 5.11 Å². The fraction of sp³-hybridized carbons (Fsp3) is 0.171. The van der Waals surface area contributed by atoms with Gasteiger partial charge in [-0.3, -0.25) is 4.98 Å². The molecule has 0 amide bonds. The molecule has 2 aromatic heterocycles. The third kappa shape index (κ3) is 5.37. The van der Waals surface area contributed by atoms with Crippen LogP contribution >= 0.6 is 12.2 Å². The number of carbonyl (C=O) groups is 1. The fourth-order valence-corrected chi connectivity index (χ4v) is 6.14. The van der Waals surface area contributed by atoms with Crippen molar-refractivity contribution in [3.8, 4) is 17.2 Å². The van der Waals surface area contributed by atoms with E-state index in [1.54, 1.807) is 12.3 Å². The summed E-state index contributed by atoms with van der Waals surface area (Å²) in [6.07, 6.45) is 1.80. The molecular weight excluding hydrogens is 556 g/mol. The number of hydrogen-bond acceptors (Lipinski definition) is 5. The van der Waals surface area contributed by atoms with E-state index in [2.05, 4.69) is 34.7 Å². The van der Waals surface area contributed by atoms with E-state index in [1.165, 1.54) is 7.11 Å². The quantitative estimate of drug-likeness (QED) is 0.155. The average molecular weight is 589 g/mol. The lowest BCUT2D eigenvalue weighted by Crippen LogP contribution is -2.29. The first-order valence-corrected chi connectivity index (χ1v) is 14.5. The summed E-state index contributed by atoms with van der Waals surface area (Å²) >= 11 is 5.96. The van der Waals surface area contributed by atoms with Gasteiger partial charge >= 0.3 is 5.97 Å². The number of methoxy groups -OCH3 is 1. The van der Waals surface area contributed by atoms with Gasteiger partial charge in [-0.2, -0.15) is 0 Å². The van der Waals surface area contributed by atoms with E-state index in [0.717, 1.165) is 51.1 Å². The lowest BCUT2D eigenvalue weighted by molar-refractivity contribution is 0.0600. The van der Waals surface area contributed by atoms with Gasteiger partial charge in [0.25, 0.3) is 0 Å². The predicted molar refractivity (Wildman–Crippen MR) is 172 cm³/mol. The Morgan fingerprint density at radius 2 is 1.65 bits per heavy atom. The van der Waals surface area contributed by atoms with E-state index in [4.69, 9.17) is 26.7 Å². The minimum Gasteiger partial charge on any atom is -0.465 e. The minimum atomic E-state index is -0.369. The molecule has 3 aromatic carbocycles. The van der Waals surface area contributed by atoms with Crippen molar-refractivity contribution in [1.82, 2.24) is 14.9 Å². The van der Waals surface area contributed by atoms with Gasteiger partial charge in [0, 0.05) is 29.0 Å². The summed E-state index contributed by atoms with van der Waals surface area (Å²) in [6.45, 7) is 6.20. The Morgan fingerprint density at radius 1 is 0.884 bits per heavy atom. The van der Waals surface area contributed by atoms with Crippen molar-refractivity contribution in [3.63, 3.8) is 0 Å². The number of ether oxygens (including phenoxy) is 2. The van der Waals surface area contributed by atoms with Crippen molar-refractivity contribution in [2.75, 3.05) is 12.0 Å². The molecule has 7 nitrogen and oxygen atoms in total. The maximum Gasteiger partial charge on any atom is 0.337 e. The van der Waals surface area contributed by atoms with Gasteiger partial charge in [-0.05, 0) is 111 Å². The summed E-state index contributed by atoms with van der Waals surface area (Å²) in [4.78, 5) is 19.1. The van der Waals surface area contributed by atoms with Crippen LogP contribution in [-0.2, 0) is 4.74 Å². The highest BCUT2D eigenvalue weighted by atomic mass is 32.1. The zero-order valence-electron chi connectivity index (χ0n) is 24.4. The predicted octanol–water partition coefficient (Wildman–Crippen LogP) is 7.55. The third-order valence-corrected chi connectivity index (χ3v) is 8.16. The van der Waals surface area contributed by atoms with Gasteiger partial charge in [-0.1, -0.05) is 30.3 Å². The molecule has 0 aliphatic carbocycles. The summed E-state index contributed by atoms with van der Waals surface area (Å²) in [5.41, 5.74) is 7.47. The molecule has 6 rings (SSSR count). The van der Waals surface area contributed by atoms with Crippen LogP contribution in [0.5, 0.6) is 11.5 Å². The number of pyridine rings is 1. The lowest BCUT2D eigenvalue weighted by Gasteiger charge is -2.28. The molecule has 1 N–H and O–H groups in total. The number of aromatic nitrogens is 2. The second-order valence-electron chi connectivity index (χ2n) is 10.6. The number of para-hydroxylation sites is 1. The second-order valence-corrected chi connectivity index (χ2v) is 10.9. The molecule has 2 atom stereocenters. The highest BCUT2D eigenvalue weighted by molar-refractivity contribution is 7.80. The van der Waals surface area contributed by atoms with Crippen LogP contribution in [0, 0.1) is 20.8 Å². The Morgan fingerprint density at radius 3 is 2.37 bits per heavy atom. The first-order chi connectivity index (χ1) is 20.9. The topological polar surface area (TPSA) is 68.6 Å². The zero-order chi connectivity index (χ0) is 30.1. The summed E-state index contributed by atoms with van der Waals surface area (Å²) in [5.74, 6) is 1.20. The molecule has 0 radical (unpaired) electrons. The number of anilines is 1. The maximum absolute atomic E-state index is 12.3. The minimum absolute atomic E-state index is 0.186. The second kappa shape index (κ2) is 11.7. The number of aryl methyl sites for hydroxylation is 2. The van der Waals surface area contributed by atoms with Crippen LogP contribution in [0.2, 0.25) is 0 Å². The Kier molecular flexibility index (Phi) is 7.69. The van der Waals surface area contributed by atoms with E-state index in [9.17, 15) is 4.79 Å². The van der Waals surface area contributed by atoms with Crippen molar-refractivity contribution in [1.29, 1.82) is 0 Å². The number of carbonyl (C=O) groups excluding carboxylic acids is 1. The van der Waals surface area contributed by atoms with E-state index >= 15 is 0 Å². The fourth-order valence-electron chi connectivity index (χ4n) is 5.80. The number of rotatable bonds is 7. The average Bonchev–Trinajstić information content (AvgIpc) is 3.53. The molecule has 2 unspecified atom stereocenters. The Bertz CT molecular complexity index is 1800. The summed E-state index contributed by atoms with van der Waals surface area (Å²) in [5, 5.41) is 4.17. The highest BCUT2D eigenvalue weighted by Crippen LogP contribution is 2.44. The molecule has 1 aliphatic heterocycles. The van der Waals surface area contributed by atoms with Gasteiger partial charge in [-0.15, -0.1) is 0 Å². The zero-order valence-corrected chi connectivity index (χ0v) is 25.3. The smallest absolute Gasteiger partial charge is 0.337 e. The summed E-state index contributed by atoms with van der Waals surface area (Å²) in [7, 11) is 1.39. The summed E-state index contributed by atoms with van der Waals surface area (Å²) in [6, 6.07) is 31.2. The molecule has 0 spiro atoms. The van der Waals surface area contributed by atoms with Crippen LogP contribution in [-0.4, -0.2) is 27.7 Å². The Labute approximate surface area is 256 Å². The molecule has 0 saturated carbocycles. The first-order valence-electron chi connectivity index (χ1n) is 14.1. The number of thiocarbonyl (C=S) groups is 1. The van der Waals surface area contributed by atoms with Crippen molar-refractivity contribution in [3.05, 3.63) is 137 Å². The Balaban J connectivity index is 1.41. The van der Waals surface area contributed by atoms with Crippen LogP contribution in [0.1, 0.15) is 50.7 Å². The molecule has 5 aromatic rings. The standard InChI is InChI=1S/C35H32N4O3S/c1-22-10-5-6-14-31(22)42-28-17-15-26(16-18-28)39-33(32(37-35(39)43)30-13-7-8-19-36-30)29-20-23(2)38(24(29)3)27-12-9-11-25(21-27)34(40)41-4/h5-21,32-33H,1-4H3,(H,37,43). The van der Waals surface area contributed by atoms with Crippen LogP contribution in [0.3, 0.4) is 0 Å². The lowest BCUT2D eigenvalue weighted by atomic mass is 9.96. The summed E-state index contributed by atoms with van der Waals surface area (Å²) < 4.78 is 13.3. The van der Waals surface area contributed by atoms with Crippen molar-refractivity contribution in [2.24, 2.45) is 0 Å². The number of hydrogen-bond donors (Lipinski definition) is 1. The van der Waals surface area contributed by atoms with Gasteiger partial charge in [0.05, 0.1) is 30.5 Å². The van der Waals surface area contributed by atoms with Gasteiger partial charge in [0.2, 0.25) is 0 Å². The van der Waals surface area contributed by atoms with E-state index in [0.29, 0.717) is 10.7 Å². The van der Waals surface area contributed by atoms with E-state index in [-0.39, 0.29) is 18.1 Å². The monoisotopic (exact) mass is 588 g/mol. The van der Waals surface area contributed by atoms with Gasteiger partial charge in [-0.25, -0.2) is 4.79 Å². The molecule has 43 heavy (non-hydrogen) atoms. The van der Waals surface area contributed by atoms with Gasteiger partial charge < -0.3 is 24.3 Å². The molecular formula is C35H32N4O3S. The SMILES string of the molecule is COC(=O)c1cccc(-n2c(C)cc(C3C(c4ccccn4)NC(=S)N3c3ccc(Oc4ccccc4C)cc3)c2C)c1. The molecule has 1 fully saturated rings. The van der Waals surface area contributed by atoms with Crippen molar-refractivity contribution < 1.29 is 14.3 Å². The molecule has 0 bridgehead atoms. The normalized spacial score (nSPS) is 16.2. The number of esters is 1. The van der Waals surface area contributed by atoms with E-state index < -0.39 is 0 Å². The van der Waals surface area contributed by atoms with E-state index in [1.807, 2.05) is 91.9 Å². The van der Waals surface area contributed by atoms with Crippen LogP contribution in [0.15, 0.2) is 103 Å². The number of benzene rings is 3. The number of nitrogens with one attached hydrogen (secondary N) is 1. The van der Waals surface area contributed by atoms with Crippen LogP contribution < -0.4 is 15.0 Å². The number of nitrogens with zero attached hydrogens (tertiary/aromatic N) is 3.